The summed E-state index contributed by atoms with van der Waals surface area (Å²) < 4.78 is 0. The highest BCUT2D eigenvalue weighted by molar-refractivity contribution is 5.87. The molecule has 0 amide bonds. The minimum atomic E-state index is 0. The summed E-state index contributed by atoms with van der Waals surface area (Å²) in [5.41, 5.74) is 6.35. The smallest absolute Gasteiger partial charge is 0.129 e. The normalized spacial score (nSPS) is 14.4. The third-order valence-electron chi connectivity index (χ3n) is 5.17. The van der Waals surface area contributed by atoms with E-state index >= 15 is 0 Å². The lowest BCUT2D eigenvalue weighted by molar-refractivity contribution is 0.648. The molecule has 0 spiro atoms. The molecule has 2 heterocycles. The van der Waals surface area contributed by atoms with Gasteiger partial charge in [0.1, 0.15) is 5.82 Å². The SMILES string of the molecule is Cc1cc(C)c2nc(N3CCN(c4ccccc4)CC3)cc(C)c2c1.Cl. The van der Waals surface area contributed by atoms with Crippen molar-refractivity contribution in [2.24, 2.45) is 0 Å². The number of anilines is 2. The van der Waals surface area contributed by atoms with Gasteiger partial charge in [0.25, 0.3) is 0 Å². The van der Waals surface area contributed by atoms with Gasteiger partial charge in [-0.15, -0.1) is 12.4 Å². The van der Waals surface area contributed by atoms with Gasteiger partial charge in [0.2, 0.25) is 0 Å². The molecule has 3 aromatic rings. The fourth-order valence-electron chi connectivity index (χ4n) is 3.82. The van der Waals surface area contributed by atoms with Crippen LogP contribution in [-0.4, -0.2) is 31.2 Å². The first-order chi connectivity index (χ1) is 12.1. The molecule has 1 aliphatic rings. The highest BCUT2D eigenvalue weighted by atomic mass is 35.5. The van der Waals surface area contributed by atoms with E-state index in [2.05, 4.69) is 79.1 Å². The van der Waals surface area contributed by atoms with Gasteiger partial charge in [0.15, 0.2) is 0 Å². The predicted molar refractivity (Wildman–Crippen MR) is 114 cm³/mol. The Bertz CT molecular complexity index is 900. The van der Waals surface area contributed by atoms with Crippen LogP contribution in [0.15, 0.2) is 48.5 Å². The van der Waals surface area contributed by atoms with Crippen LogP contribution in [0, 0.1) is 20.8 Å². The second kappa shape index (κ2) is 7.55. The van der Waals surface area contributed by atoms with Crippen molar-refractivity contribution in [3.05, 3.63) is 65.2 Å². The number of piperazine rings is 1. The molecular weight excluding hydrogens is 342 g/mol. The van der Waals surface area contributed by atoms with E-state index in [4.69, 9.17) is 4.98 Å². The Balaban J connectivity index is 0.00000196. The average molecular weight is 368 g/mol. The fourth-order valence-corrected chi connectivity index (χ4v) is 3.82. The third-order valence-corrected chi connectivity index (χ3v) is 5.17. The second-order valence-corrected chi connectivity index (χ2v) is 7.08. The van der Waals surface area contributed by atoms with Crippen molar-refractivity contribution in [2.75, 3.05) is 36.0 Å². The number of para-hydroxylation sites is 1. The van der Waals surface area contributed by atoms with Crippen LogP contribution in [0.5, 0.6) is 0 Å². The van der Waals surface area contributed by atoms with Crippen LogP contribution in [0.1, 0.15) is 16.7 Å². The van der Waals surface area contributed by atoms with Crippen molar-refractivity contribution < 1.29 is 0 Å². The zero-order chi connectivity index (χ0) is 17.4. The molecule has 136 valence electrons. The molecule has 3 nitrogen and oxygen atoms in total. The number of hydrogen-bond acceptors (Lipinski definition) is 3. The van der Waals surface area contributed by atoms with Crippen molar-refractivity contribution in [1.82, 2.24) is 4.98 Å². The van der Waals surface area contributed by atoms with Gasteiger partial charge >= 0.3 is 0 Å². The quantitative estimate of drug-likeness (QED) is 0.641. The minimum Gasteiger partial charge on any atom is -0.368 e. The standard InChI is InChI=1S/C22H25N3.ClH/c1-16-13-18(3)22-20(14-16)17(2)15-21(23-22)25-11-9-24(10-12-25)19-7-5-4-6-8-19;/h4-8,13-15H,9-12H2,1-3H3;1H. The number of halogens is 1. The van der Waals surface area contributed by atoms with E-state index in [0.29, 0.717) is 0 Å². The Morgan fingerprint density at radius 2 is 1.42 bits per heavy atom. The van der Waals surface area contributed by atoms with Crippen LogP contribution < -0.4 is 9.80 Å². The predicted octanol–water partition coefficient (Wildman–Crippen LogP) is 4.91. The first kappa shape index (κ1) is 18.5. The molecule has 26 heavy (non-hydrogen) atoms. The van der Waals surface area contributed by atoms with Crippen molar-refractivity contribution in [3.8, 4) is 0 Å². The lowest BCUT2D eigenvalue weighted by atomic mass is 10.0. The zero-order valence-electron chi connectivity index (χ0n) is 15.7. The van der Waals surface area contributed by atoms with E-state index in [1.165, 1.54) is 27.8 Å². The fraction of sp³-hybridized carbons (Fsp3) is 0.318. The first-order valence-corrected chi connectivity index (χ1v) is 9.05. The van der Waals surface area contributed by atoms with Crippen molar-refractivity contribution in [1.29, 1.82) is 0 Å². The molecule has 0 N–H and O–H groups in total. The topological polar surface area (TPSA) is 19.4 Å². The van der Waals surface area contributed by atoms with Crippen molar-refractivity contribution >= 4 is 34.8 Å². The summed E-state index contributed by atoms with van der Waals surface area (Å²) in [6.07, 6.45) is 0. The van der Waals surface area contributed by atoms with Crippen LogP contribution in [-0.2, 0) is 0 Å². The first-order valence-electron chi connectivity index (χ1n) is 9.05. The molecule has 0 bridgehead atoms. The Hall–Kier alpha value is -2.26. The number of rotatable bonds is 2. The number of hydrogen-bond donors (Lipinski definition) is 0. The third kappa shape index (κ3) is 3.49. The summed E-state index contributed by atoms with van der Waals surface area (Å²) in [7, 11) is 0. The minimum absolute atomic E-state index is 0. The van der Waals surface area contributed by atoms with Gasteiger partial charge in [-0.2, -0.15) is 0 Å². The molecular formula is C22H26ClN3. The summed E-state index contributed by atoms with van der Waals surface area (Å²) in [4.78, 5) is 9.88. The van der Waals surface area contributed by atoms with Crippen molar-refractivity contribution in [3.63, 3.8) is 0 Å². The molecule has 4 rings (SSSR count). The van der Waals surface area contributed by atoms with E-state index in [9.17, 15) is 0 Å². The van der Waals surface area contributed by atoms with Crippen molar-refractivity contribution in [2.45, 2.75) is 20.8 Å². The maximum Gasteiger partial charge on any atom is 0.129 e. The van der Waals surface area contributed by atoms with E-state index < -0.39 is 0 Å². The van der Waals surface area contributed by atoms with Gasteiger partial charge in [0.05, 0.1) is 5.52 Å². The number of nitrogens with zero attached hydrogens (tertiary/aromatic N) is 3. The lowest BCUT2D eigenvalue weighted by Crippen LogP contribution is -2.46. The van der Waals surface area contributed by atoms with E-state index in [1.807, 2.05) is 0 Å². The molecule has 1 aliphatic heterocycles. The second-order valence-electron chi connectivity index (χ2n) is 7.08. The summed E-state index contributed by atoms with van der Waals surface area (Å²) in [6, 6.07) is 17.4. The summed E-state index contributed by atoms with van der Waals surface area (Å²) in [5, 5.41) is 1.28. The number of aromatic nitrogens is 1. The number of fused-ring (bicyclic) bond motifs is 1. The van der Waals surface area contributed by atoms with Gasteiger partial charge in [-0.3, -0.25) is 0 Å². The Labute approximate surface area is 162 Å². The lowest BCUT2D eigenvalue weighted by Gasteiger charge is -2.37. The van der Waals surface area contributed by atoms with Crippen LogP contribution in [0.2, 0.25) is 0 Å². The van der Waals surface area contributed by atoms with E-state index in [-0.39, 0.29) is 12.4 Å². The number of aryl methyl sites for hydroxylation is 3. The average Bonchev–Trinajstić information content (AvgIpc) is 2.63. The molecule has 0 atom stereocenters. The van der Waals surface area contributed by atoms with Crippen LogP contribution in [0.4, 0.5) is 11.5 Å². The van der Waals surface area contributed by atoms with Gasteiger partial charge < -0.3 is 9.80 Å². The molecule has 0 radical (unpaired) electrons. The van der Waals surface area contributed by atoms with Gasteiger partial charge in [-0.25, -0.2) is 4.98 Å². The molecule has 0 saturated carbocycles. The molecule has 2 aromatic carbocycles. The van der Waals surface area contributed by atoms with Gasteiger partial charge in [-0.05, 0) is 56.2 Å². The van der Waals surface area contributed by atoms with E-state index in [0.717, 1.165) is 37.5 Å². The van der Waals surface area contributed by atoms with Crippen LogP contribution >= 0.6 is 12.4 Å². The number of benzene rings is 2. The molecule has 0 unspecified atom stereocenters. The summed E-state index contributed by atoms with van der Waals surface area (Å²) in [5.74, 6) is 1.12. The molecule has 1 saturated heterocycles. The Kier molecular flexibility index (Phi) is 5.38. The highest BCUT2D eigenvalue weighted by Crippen LogP contribution is 2.27. The largest absolute Gasteiger partial charge is 0.368 e. The monoisotopic (exact) mass is 367 g/mol. The maximum atomic E-state index is 5.01. The molecule has 0 aliphatic carbocycles. The summed E-state index contributed by atoms with van der Waals surface area (Å²) >= 11 is 0. The van der Waals surface area contributed by atoms with Crippen LogP contribution in [0.25, 0.3) is 10.9 Å². The zero-order valence-corrected chi connectivity index (χ0v) is 16.5. The van der Waals surface area contributed by atoms with E-state index in [1.54, 1.807) is 0 Å². The Morgan fingerprint density at radius 3 is 2.12 bits per heavy atom. The maximum absolute atomic E-state index is 5.01. The van der Waals surface area contributed by atoms with Crippen LogP contribution in [0.3, 0.4) is 0 Å². The number of pyridine rings is 1. The summed E-state index contributed by atoms with van der Waals surface area (Å²) in [6.45, 7) is 10.6. The van der Waals surface area contributed by atoms with Gasteiger partial charge in [-0.1, -0.05) is 29.8 Å². The molecule has 1 fully saturated rings. The molecule has 4 heteroatoms. The highest BCUT2D eigenvalue weighted by Gasteiger charge is 2.19. The molecule has 1 aromatic heterocycles. The Morgan fingerprint density at radius 1 is 0.769 bits per heavy atom. The van der Waals surface area contributed by atoms with Gasteiger partial charge in [0, 0.05) is 37.3 Å².